The first-order valence-electron chi connectivity index (χ1n) is 8.56. The van der Waals surface area contributed by atoms with Gasteiger partial charge in [0.15, 0.2) is 4.96 Å². The van der Waals surface area contributed by atoms with Crippen LogP contribution in [0.3, 0.4) is 0 Å². The number of carbonyl (C=O) groups is 1. The molecule has 1 amide bonds. The summed E-state index contributed by atoms with van der Waals surface area (Å²) in [6.07, 6.45) is 0.893. The van der Waals surface area contributed by atoms with Crippen molar-refractivity contribution in [1.82, 2.24) is 14.3 Å². The quantitative estimate of drug-likeness (QED) is 0.645. The number of ether oxygens (including phenoxy) is 1. The maximum absolute atomic E-state index is 12.5. The highest BCUT2D eigenvalue weighted by molar-refractivity contribution is 7.19. The zero-order chi connectivity index (χ0) is 18.7. The van der Waals surface area contributed by atoms with Crippen LogP contribution in [0.25, 0.3) is 16.2 Å². The van der Waals surface area contributed by atoms with Crippen LogP contribution in [0.4, 0.5) is 5.82 Å². The molecule has 0 aliphatic rings. The Bertz CT molecular complexity index is 899. The topological polar surface area (TPSA) is 58.9 Å². The third-order valence-electron chi connectivity index (χ3n) is 4.17. The number of aromatic nitrogens is 2. The normalized spacial score (nSPS) is 11.1. The van der Waals surface area contributed by atoms with Gasteiger partial charge in [0.25, 0.3) is 5.91 Å². The van der Waals surface area contributed by atoms with Crippen LogP contribution >= 0.6 is 11.3 Å². The fourth-order valence-electron chi connectivity index (χ4n) is 2.83. The number of imidazole rings is 1. The van der Waals surface area contributed by atoms with Crippen LogP contribution in [0, 0.1) is 6.92 Å². The molecule has 1 aromatic carbocycles. The van der Waals surface area contributed by atoms with E-state index in [1.807, 2.05) is 37.3 Å². The summed E-state index contributed by atoms with van der Waals surface area (Å²) < 4.78 is 7.19. The molecule has 138 valence electrons. The first-order chi connectivity index (χ1) is 12.5. The molecular weight excluding hydrogens is 348 g/mol. The van der Waals surface area contributed by atoms with Gasteiger partial charge < -0.3 is 15.0 Å². The van der Waals surface area contributed by atoms with Crippen molar-refractivity contribution in [2.75, 3.05) is 39.7 Å². The second kappa shape index (κ2) is 7.88. The zero-order valence-electron chi connectivity index (χ0n) is 15.6. The van der Waals surface area contributed by atoms with Crippen LogP contribution in [-0.4, -0.2) is 54.5 Å². The molecule has 0 saturated heterocycles. The summed E-state index contributed by atoms with van der Waals surface area (Å²) in [5.41, 5.74) is 2.87. The van der Waals surface area contributed by atoms with E-state index >= 15 is 0 Å². The zero-order valence-corrected chi connectivity index (χ0v) is 16.4. The minimum Gasteiger partial charge on any atom is -0.385 e. The molecule has 0 unspecified atom stereocenters. The van der Waals surface area contributed by atoms with E-state index in [1.165, 1.54) is 11.3 Å². The van der Waals surface area contributed by atoms with E-state index in [9.17, 15) is 4.79 Å². The second-order valence-electron chi connectivity index (χ2n) is 6.28. The molecule has 2 aromatic heterocycles. The predicted molar refractivity (Wildman–Crippen MR) is 106 cm³/mol. The lowest BCUT2D eigenvalue weighted by Gasteiger charge is -2.11. The Balaban J connectivity index is 2.08. The Hall–Kier alpha value is -2.38. The average Bonchev–Trinajstić information content (AvgIpc) is 3.16. The number of methoxy groups -OCH3 is 1. The number of nitrogens with one attached hydrogen (secondary N) is 1. The molecule has 0 spiro atoms. The van der Waals surface area contributed by atoms with E-state index < -0.39 is 0 Å². The Morgan fingerprint density at radius 1 is 1.31 bits per heavy atom. The van der Waals surface area contributed by atoms with Crippen molar-refractivity contribution < 1.29 is 9.53 Å². The molecule has 0 radical (unpaired) electrons. The first kappa shape index (κ1) is 18.4. The molecule has 7 heteroatoms. The van der Waals surface area contributed by atoms with E-state index in [4.69, 9.17) is 9.72 Å². The van der Waals surface area contributed by atoms with Gasteiger partial charge >= 0.3 is 0 Å². The van der Waals surface area contributed by atoms with Crippen LogP contribution in [0.15, 0.2) is 30.3 Å². The molecule has 0 bridgehead atoms. The van der Waals surface area contributed by atoms with Crippen LogP contribution in [0.1, 0.15) is 21.8 Å². The van der Waals surface area contributed by atoms with E-state index in [0.29, 0.717) is 6.61 Å². The summed E-state index contributed by atoms with van der Waals surface area (Å²) in [7, 11) is 5.24. The fraction of sp³-hybridized carbons (Fsp3) is 0.368. The first-order valence-corrected chi connectivity index (χ1v) is 9.38. The highest BCUT2D eigenvalue weighted by Crippen LogP contribution is 2.34. The van der Waals surface area contributed by atoms with Gasteiger partial charge in [-0.15, -0.1) is 0 Å². The predicted octanol–water partition coefficient (Wildman–Crippen LogP) is 3.52. The van der Waals surface area contributed by atoms with Crippen LogP contribution < -0.4 is 5.32 Å². The largest absolute Gasteiger partial charge is 0.385 e. The van der Waals surface area contributed by atoms with Gasteiger partial charge in [0, 0.05) is 45.6 Å². The molecule has 0 atom stereocenters. The summed E-state index contributed by atoms with van der Waals surface area (Å²) in [5.74, 6) is 0.929. The van der Waals surface area contributed by atoms with Gasteiger partial charge in [0.2, 0.25) is 0 Å². The van der Waals surface area contributed by atoms with Crippen LogP contribution in [-0.2, 0) is 4.74 Å². The average molecular weight is 372 g/mol. The summed E-state index contributed by atoms with van der Waals surface area (Å²) in [6, 6.07) is 10.1. The Morgan fingerprint density at radius 3 is 2.69 bits per heavy atom. The molecule has 0 saturated carbocycles. The maximum atomic E-state index is 12.5. The summed E-state index contributed by atoms with van der Waals surface area (Å²) in [4.78, 5) is 20.4. The standard InChI is InChI=1S/C19H24N4O2S/c1-13-16(18(24)22(2)3)26-19-21-15(14-9-6-5-7-10-14)17(23(13)19)20-11-8-12-25-4/h5-7,9-10,20H,8,11-12H2,1-4H3. The van der Waals surface area contributed by atoms with E-state index in [1.54, 1.807) is 26.1 Å². The number of hydrogen-bond acceptors (Lipinski definition) is 5. The Kier molecular flexibility index (Phi) is 5.58. The molecule has 2 heterocycles. The number of amides is 1. The van der Waals surface area contributed by atoms with Crippen molar-refractivity contribution in [1.29, 1.82) is 0 Å². The molecule has 0 aliphatic heterocycles. The number of aryl methyl sites for hydroxylation is 1. The molecular formula is C19H24N4O2S. The smallest absolute Gasteiger partial charge is 0.265 e. The highest BCUT2D eigenvalue weighted by atomic mass is 32.1. The SMILES string of the molecule is COCCCNc1c(-c2ccccc2)nc2sc(C(=O)N(C)C)c(C)n12. The summed E-state index contributed by atoms with van der Waals surface area (Å²) in [6.45, 7) is 3.44. The molecule has 6 nitrogen and oxygen atoms in total. The lowest BCUT2D eigenvalue weighted by molar-refractivity contribution is 0.0831. The minimum atomic E-state index is 0.00425. The van der Waals surface area contributed by atoms with Crippen molar-refractivity contribution in [3.8, 4) is 11.3 Å². The van der Waals surface area contributed by atoms with Crippen LogP contribution in [0.5, 0.6) is 0 Å². The van der Waals surface area contributed by atoms with Gasteiger partial charge in [0.05, 0.1) is 0 Å². The number of thiazole rings is 1. The number of hydrogen-bond donors (Lipinski definition) is 1. The number of anilines is 1. The fourth-order valence-corrected chi connectivity index (χ4v) is 3.98. The molecule has 3 aromatic rings. The Labute approximate surface area is 157 Å². The van der Waals surface area contributed by atoms with Gasteiger partial charge in [-0.1, -0.05) is 41.7 Å². The van der Waals surface area contributed by atoms with Gasteiger partial charge in [0.1, 0.15) is 16.4 Å². The number of fused-ring (bicyclic) bond motifs is 1. The Morgan fingerprint density at radius 2 is 2.04 bits per heavy atom. The van der Waals surface area contributed by atoms with E-state index in [-0.39, 0.29) is 5.91 Å². The molecule has 1 N–H and O–H groups in total. The van der Waals surface area contributed by atoms with E-state index in [0.717, 1.165) is 45.6 Å². The van der Waals surface area contributed by atoms with Crippen LogP contribution in [0.2, 0.25) is 0 Å². The van der Waals surface area contributed by atoms with Crippen molar-refractivity contribution >= 4 is 28.0 Å². The number of nitrogens with zero attached hydrogens (tertiary/aromatic N) is 3. The number of rotatable bonds is 7. The molecule has 3 rings (SSSR count). The molecule has 0 aliphatic carbocycles. The second-order valence-corrected chi connectivity index (χ2v) is 7.26. The lowest BCUT2D eigenvalue weighted by atomic mass is 10.1. The maximum Gasteiger partial charge on any atom is 0.265 e. The van der Waals surface area contributed by atoms with Crippen molar-refractivity contribution in [2.24, 2.45) is 0 Å². The highest BCUT2D eigenvalue weighted by Gasteiger charge is 2.23. The third-order valence-corrected chi connectivity index (χ3v) is 5.30. The summed E-state index contributed by atoms with van der Waals surface area (Å²) in [5, 5.41) is 3.49. The van der Waals surface area contributed by atoms with Crippen molar-refractivity contribution in [3.05, 3.63) is 40.9 Å². The van der Waals surface area contributed by atoms with Crippen molar-refractivity contribution in [3.63, 3.8) is 0 Å². The minimum absolute atomic E-state index is 0.00425. The summed E-state index contributed by atoms with van der Waals surface area (Å²) >= 11 is 1.43. The van der Waals surface area contributed by atoms with Gasteiger partial charge in [-0.05, 0) is 13.3 Å². The number of benzene rings is 1. The molecule has 26 heavy (non-hydrogen) atoms. The third kappa shape index (κ3) is 3.45. The van der Waals surface area contributed by atoms with Crippen molar-refractivity contribution in [2.45, 2.75) is 13.3 Å². The molecule has 0 fully saturated rings. The van der Waals surface area contributed by atoms with Gasteiger partial charge in [-0.3, -0.25) is 9.20 Å². The van der Waals surface area contributed by atoms with Gasteiger partial charge in [-0.2, -0.15) is 0 Å². The lowest BCUT2D eigenvalue weighted by Crippen LogP contribution is -2.21. The van der Waals surface area contributed by atoms with Gasteiger partial charge in [-0.25, -0.2) is 4.98 Å². The van der Waals surface area contributed by atoms with E-state index in [2.05, 4.69) is 9.72 Å². The number of carbonyl (C=O) groups excluding carboxylic acids is 1. The monoisotopic (exact) mass is 372 g/mol.